The third-order valence-corrected chi connectivity index (χ3v) is 4.82. The van der Waals surface area contributed by atoms with Crippen LogP contribution in [-0.4, -0.2) is 75.0 Å². The monoisotopic (exact) mass is 356 g/mol. The molecule has 138 valence electrons. The van der Waals surface area contributed by atoms with E-state index < -0.39 is 23.1 Å². The van der Waals surface area contributed by atoms with E-state index in [9.17, 15) is 23.5 Å². The van der Waals surface area contributed by atoms with Crippen LogP contribution in [0, 0.1) is 6.92 Å². The Morgan fingerprint density at radius 2 is 2.00 bits per heavy atom. The summed E-state index contributed by atoms with van der Waals surface area (Å²) >= 11 is 0. The number of carbonyl (C=O) groups excluding carboxylic acids is 1. The lowest BCUT2D eigenvalue weighted by molar-refractivity contribution is -0.0720. The van der Waals surface area contributed by atoms with Gasteiger partial charge in [-0.3, -0.25) is 9.69 Å². The van der Waals surface area contributed by atoms with Crippen molar-refractivity contribution in [2.45, 2.75) is 37.7 Å². The highest BCUT2D eigenvalue weighted by Gasteiger charge is 2.42. The van der Waals surface area contributed by atoms with E-state index in [1.807, 2.05) is 4.90 Å². The molecule has 2 aliphatic rings. The number of likely N-dealkylation sites (tertiary alicyclic amines) is 2. The summed E-state index contributed by atoms with van der Waals surface area (Å²) in [6.45, 7) is 2.83. The van der Waals surface area contributed by atoms with E-state index in [2.05, 4.69) is 9.97 Å². The van der Waals surface area contributed by atoms with Crippen LogP contribution in [0.25, 0.3) is 0 Å². The van der Waals surface area contributed by atoms with Crippen molar-refractivity contribution >= 4 is 5.91 Å². The van der Waals surface area contributed by atoms with Crippen molar-refractivity contribution in [2.24, 2.45) is 0 Å². The van der Waals surface area contributed by atoms with Gasteiger partial charge in [0.25, 0.3) is 11.8 Å². The molecule has 2 N–H and O–H groups in total. The summed E-state index contributed by atoms with van der Waals surface area (Å²) in [5.74, 6) is -3.03. The number of halogens is 2. The molecule has 2 aliphatic heterocycles. The van der Waals surface area contributed by atoms with Crippen LogP contribution in [0.2, 0.25) is 0 Å². The van der Waals surface area contributed by atoms with Gasteiger partial charge in [0.15, 0.2) is 0 Å². The second-order valence-electron chi connectivity index (χ2n) is 7.09. The Labute approximate surface area is 143 Å². The van der Waals surface area contributed by atoms with E-state index in [1.54, 1.807) is 6.92 Å². The van der Waals surface area contributed by atoms with Gasteiger partial charge in [0.2, 0.25) is 0 Å². The third kappa shape index (κ3) is 4.21. The van der Waals surface area contributed by atoms with Crippen molar-refractivity contribution in [3.63, 3.8) is 0 Å². The van der Waals surface area contributed by atoms with Gasteiger partial charge in [-0.05, 0) is 19.4 Å². The van der Waals surface area contributed by atoms with Gasteiger partial charge in [0, 0.05) is 44.7 Å². The lowest BCUT2D eigenvalue weighted by Gasteiger charge is -2.36. The van der Waals surface area contributed by atoms with Crippen LogP contribution in [0.3, 0.4) is 0 Å². The first kappa shape index (κ1) is 17.9. The number of carbonyl (C=O) groups is 1. The Morgan fingerprint density at radius 1 is 1.32 bits per heavy atom. The second kappa shape index (κ2) is 6.45. The number of hydrogen-bond acceptors (Lipinski definition) is 5. The fourth-order valence-corrected chi connectivity index (χ4v) is 3.46. The van der Waals surface area contributed by atoms with Crippen molar-refractivity contribution in [2.75, 3.05) is 32.7 Å². The molecule has 25 heavy (non-hydrogen) atoms. The summed E-state index contributed by atoms with van der Waals surface area (Å²) < 4.78 is 26.5. The first-order valence-corrected chi connectivity index (χ1v) is 8.36. The Bertz CT molecular complexity index is 714. The second-order valence-corrected chi connectivity index (χ2v) is 7.09. The number of β-amino-alcohol motifs (C(OH)–C–C–N with tert-alkyl or cyclic N) is 1. The van der Waals surface area contributed by atoms with E-state index in [1.165, 1.54) is 11.0 Å². The van der Waals surface area contributed by atoms with Gasteiger partial charge in [0.05, 0.1) is 12.1 Å². The van der Waals surface area contributed by atoms with Gasteiger partial charge in [-0.15, -0.1) is 0 Å². The highest BCUT2D eigenvalue weighted by molar-refractivity contribution is 5.92. The lowest BCUT2D eigenvalue weighted by Crippen LogP contribution is -2.49. The molecule has 0 radical (unpaired) electrons. The van der Waals surface area contributed by atoms with Crippen molar-refractivity contribution in [1.29, 1.82) is 0 Å². The van der Waals surface area contributed by atoms with Crippen LogP contribution in [0.1, 0.15) is 35.4 Å². The molecule has 2 fully saturated rings. The minimum atomic E-state index is -2.62. The number of amides is 1. The number of rotatable bonds is 3. The van der Waals surface area contributed by atoms with Crippen molar-refractivity contribution in [3.8, 4) is 0 Å². The molecule has 3 heterocycles. The largest absolute Gasteiger partial charge is 0.387 e. The van der Waals surface area contributed by atoms with E-state index in [0.717, 1.165) is 0 Å². The molecular weight excluding hydrogens is 334 g/mol. The molecule has 0 aromatic carbocycles. The number of alkyl halides is 2. The highest BCUT2D eigenvalue weighted by Crippen LogP contribution is 2.30. The summed E-state index contributed by atoms with van der Waals surface area (Å²) in [6.07, 6.45) is -0.0444. The third-order valence-electron chi connectivity index (χ3n) is 4.82. The minimum Gasteiger partial charge on any atom is -0.387 e. The molecule has 3 rings (SSSR count). The van der Waals surface area contributed by atoms with Gasteiger partial charge >= 0.3 is 5.69 Å². The van der Waals surface area contributed by atoms with Gasteiger partial charge in [-0.2, -0.15) is 4.98 Å². The molecule has 0 saturated carbocycles. The average Bonchev–Trinajstić information content (AvgIpc) is 2.90. The first-order valence-electron chi connectivity index (χ1n) is 8.36. The molecule has 0 aliphatic carbocycles. The van der Waals surface area contributed by atoms with Crippen LogP contribution in [0.5, 0.6) is 0 Å². The fraction of sp³-hybridized carbons (Fsp3) is 0.688. The summed E-state index contributed by atoms with van der Waals surface area (Å²) in [7, 11) is 0. The maximum Gasteiger partial charge on any atom is 0.345 e. The smallest absolute Gasteiger partial charge is 0.345 e. The molecule has 1 amide bonds. The Hall–Kier alpha value is -1.87. The maximum absolute atomic E-state index is 13.2. The Morgan fingerprint density at radius 3 is 2.64 bits per heavy atom. The molecule has 7 nitrogen and oxygen atoms in total. The normalized spacial score (nSPS) is 26.8. The van der Waals surface area contributed by atoms with Crippen molar-refractivity contribution in [3.05, 3.63) is 27.9 Å². The number of aromatic amines is 1. The predicted molar refractivity (Wildman–Crippen MR) is 85.7 cm³/mol. The van der Waals surface area contributed by atoms with Crippen LogP contribution in [0.15, 0.2) is 10.9 Å². The van der Waals surface area contributed by atoms with Crippen molar-refractivity contribution < 1.29 is 18.7 Å². The van der Waals surface area contributed by atoms with Gasteiger partial charge in [-0.1, -0.05) is 0 Å². The molecule has 1 aromatic rings. The number of aryl methyl sites for hydroxylation is 1. The van der Waals surface area contributed by atoms with Gasteiger partial charge in [0.1, 0.15) is 5.69 Å². The van der Waals surface area contributed by atoms with E-state index >= 15 is 0 Å². The SMILES string of the molecule is Cc1cc(C(=O)N2CCC(O)(CN3CCC(F)(F)CC3)C2)nc(=O)[nH]1. The zero-order valence-corrected chi connectivity index (χ0v) is 14.1. The maximum atomic E-state index is 13.2. The predicted octanol–water partition coefficient (Wildman–Crippen LogP) is 0.386. The number of nitrogens with one attached hydrogen (secondary N) is 1. The zero-order chi connectivity index (χ0) is 18.2. The molecule has 9 heteroatoms. The quantitative estimate of drug-likeness (QED) is 0.818. The average molecular weight is 356 g/mol. The van der Waals surface area contributed by atoms with Crippen LogP contribution in [-0.2, 0) is 0 Å². The van der Waals surface area contributed by atoms with Crippen LogP contribution in [0.4, 0.5) is 8.78 Å². The summed E-state index contributed by atoms with van der Waals surface area (Å²) in [6, 6.07) is 1.49. The Kier molecular flexibility index (Phi) is 4.63. The first-order chi connectivity index (χ1) is 11.7. The molecule has 2 saturated heterocycles. The molecule has 1 aromatic heterocycles. The number of H-pyrrole nitrogens is 1. The minimum absolute atomic E-state index is 0.0446. The van der Waals surface area contributed by atoms with Gasteiger partial charge < -0.3 is 15.0 Å². The molecular formula is C16H22F2N4O3. The number of hydrogen-bond donors (Lipinski definition) is 2. The number of aliphatic hydroxyl groups is 1. The van der Waals surface area contributed by atoms with E-state index in [0.29, 0.717) is 18.7 Å². The zero-order valence-electron chi connectivity index (χ0n) is 14.1. The standard InChI is InChI=1S/C16H22F2N4O3/c1-11-8-12(20-14(24)19-11)13(23)22-7-2-15(25,10-22)9-21-5-3-16(17,18)4-6-21/h8,25H,2-7,9-10H2,1H3,(H,19,20,24). The number of piperidine rings is 1. The fourth-order valence-electron chi connectivity index (χ4n) is 3.46. The molecule has 1 unspecified atom stereocenters. The summed E-state index contributed by atoms with van der Waals surface area (Å²) in [5, 5.41) is 10.7. The highest BCUT2D eigenvalue weighted by atomic mass is 19.3. The summed E-state index contributed by atoms with van der Waals surface area (Å²) in [5.41, 5.74) is -1.14. The van der Waals surface area contributed by atoms with Gasteiger partial charge in [-0.25, -0.2) is 13.6 Å². The van der Waals surface area contributed by atoms with E-state index in [-0.39, 0.29) is 44.7 Å². The lowest BCUT2D eigenvalue weighted by atomic mass is 10.00. The Balaban J connectivity index is 1.62. The molecule has 1 atom stereocenters. The van der Waals surface area contributed by atoms with Crippen LogP contribution >= 0.6 is 0 Å². The van der Waals surface area contributed by atoms with E-state index in [4.69, 9.17) is 0 Å². The number of nitrogens with zero attached hydrogens (tertiary/aromatic N) is 3. The van der Waals surface area contributed by atoms with Crippen molar-refractivity contribution in [1.82, 2.24) is 19.8 Å². The topological polar surface area (TPSA) is 89.5 Å². The number of aromatic nitrogens is 2. The summed E-state index contributed by atoms with van der Waals surface area (Å²) in [4.78, 5) is 33.4. The molecule has 0 bridgehead atoms. The molecule has 0 spiro atoms. The van der Waals surface area contributed by atoms with Crippen LogP contribution < -0.4 is 5.69 Å².